The van der Waals surface area contributed by atoms with Crippen molar-refractivity contribution in [2.24, 2.45) is 11.5 Å². The van der Waals surface area contributed by atoms with Gasteiger partial charge in [0.15, 0.2) is 0 Å². The number of hydrogen-bond acceptors (Lipinski definition) is 3. The van der Waals surface area contributed by atoms with Crippen LogP contribution in [0, 0.1) is 0 Å². The van der Waals surface area contributed by atoms with E-state index in [0.29, 0.717) is 5.56 Å². The van der Waals surface area contributed by atoms with Gasteiger partial charge in [-0.1, -0.05) is 12.1 Å². The lowest BCUT2D eigenvalue weighted by atomic mass is 10.1. The van der Waals surface area contributed by atoms with E-state index in [4.69, 9.17) is 11.5 Å². The Bertz CT molecular complexity index is 333. The molecule has 0 aliphatic carbocycles. The summed E-state index contributed by atoms with van der Waals surface area (Å²) in [5.41, 5.74) is 11.4. The zero-order valence-corrected chi connectivity index (χ0v) is 9.02. The molecule has 1 rings (SSSR count). The third-order valence-electron chi connectivity index (χ3n) is 1.77. The van der Waals surface area contributed by atoms with Crippen LogP contribution in [-0.2, 0) is 0 Å². The molecule has 4 N–H and O–H groups in total. The molecule has 7 heteroatoms. The van der Waals surface area contributed by atoms with Crippen LogP contribution in [0.2, 0.25) is 0 Å². The van der Waals surface area contributed by atoms with Crippen LogP contribution in [0.4, 0.5) is 13.2 Å². The summed E-state index contributed by atoms with van der Waals surface area (Å²) < 4.78 is 39.4. The molecule has 0 saturated carbocycles. The fourth-order valence-electron chi connectivity index (χ4n) is 1.08. The molecule has 0 radical (unpaired) electrons. The second-order valence-corrected chi connectivity index (χ2v) is 2.96. The summed E-state index contributed by atoms with van der Waals surface area (Å²) in [6, 6.07) is 4.99. The normalized spacial score (nSPS) is 12.8. The van der Waals surface area contributed by atoms with Gasteiger partial charge < -0.3 is 16.2 Å². The van der Waals surface area contributed by atoms with Crippen molar-refractivity contribution in [1.82, 2.24) is 0 Å². The Balaban J connectivity index is 0.00000225. The summed E-state index contributed by atoms with van der Waals surface area (Å²) in [5.74, 6) is -0.288. The maximum atomic E-state index is 11.9. The Kier molecular flexibility index (Phi) is 5.57. The van der Waals surface area contributed by atoms with Gasteiger partial charge in [0, 0.05) is 12.6 Å². The number of benzene rings is 1. The van der Waals surface area contributed by atoms with E-state index in [9.17, 15) is 13.2 Å². The maximum Gasteiger partial charge on any atom is 0.573 e. The first-order valence-electron chi connectivity index (χ1n) is 4.24. The quantitative estimate of drug-likeness (QED) is 0.869. The third kappa shape index (κ3) is 4.69. The Morgan fingerprint density at radius 3 is 2.44 bits per heavy atom. The van der Waals surface area contributed by atoms with Crippen molar-refractivity contribution in [1.29, 1.82) is 0 Å². The van der Waals surface area contributed by atoms with Crippen molar-refractivity contribution < 1.29 is 17.9 Å². The average molecular weight is 257 g/mol. The Labute approximate surface area is 97.0 Å². The second-order valence-electron chi connectivity index (χ2n) is 2.96. The first-order valence-corrected chi connectivity index (χ1v) is 4.24. The van der Waals surface area contributed by atoms with E-state index in [0.717, 1.165) is 0 Å². The number of alkyl halides is 3. The lowest BCUT2D eigenvalue weighted by Gasteiger charge is -2.12. The predicted octanol–water partition coefficient (Wildman–Crippen LogP) is 1.97. The molecule has 0 bridgehead atoms. The standard InChI is InChI=1S/C9H11F3N2O.ClH/c10-9(11,12)15-7-3-1-2-6(4-7)8(14)5-13;/h1-4,8H,5,13-14H2;1H/t8-;/m0./s1. The van der Waals surface area contributed by atoms with E-state index < -0.39 is 12.4 Å². The molecule has 1 aromatic carbocycles. The first kappa shape index (κ1) is 15.0. The van der Waals surface area contributed by atoms with Gasteiger partial charge in [0.2, 0.25) is 0 Å². The molecule has 16 heavy (non-hydrogen) atoms. The molecule has 1 atom stereocenters. The molecule has 0 spiro atoms. The molecule has 0 aromatic heterocycles. The molecule has 1 aromatic rings. The van der Waals surface area contributed by atoms with Gasteiger partial charge in [0.25, 0.3) is 0 Å². The average Bonchev–Trinajstić information content (AvgIpc) is 2.14. The van der Waals surface area contributed by atoms with Crippen LogP contribution in [0.25, 0.3) is 0 Å². The molecular formula is C9H12ClF3N2O. The highest BCUT2D eigenvalue weighted by molar-refractivity contribution is 5.85. The van der Waals surface area contributed by atoms with Gasteiger partial charge in [0.05, 0.1) is 0 Å². The molecule has 0 aliphatic rings. The van der Waals surface area contributed by atoms with Gasteiger partial charge in [-0.3, -0.25) is 0 Å². The molecular weight excluding hydrogens is 245 g/mol. The zero-order valence-electron chi connectivity index (χ0n) is 8.20. The van der Waals surface area contributed by atoms with Gasteiger partial charge in [-0.2, -0.15) is 0 Å². The first-order chi connectivity index (χ1) is 6.92. The second kappa shape index (κ2) is 5.93. The van der Waals surface area contributed by atoms with Crippen LogP contribution >= 0.6 is 12.4 Å². The van der Waals surface area contributed by atoms with Crippen LogP contribution in [0.3, 0.4) is 0 Å². The van der Waals surface area contributed by atoms with Gasteiger partial charge >= 0.3 is 6.36 Å². The number of halogens is 4. The largest absolute Gasteiger partial charge is 0.573 e. The van der Waals surface area contributed by atoms with Crippen LogP contribution < -0.4 is 16.2 Å². The van der Waals surface area contributed by atoms with Crippen LogP contribution in [0.5, 0.6) is 5.75 Å². The molecule has 0 aliphatic heterocycles. The van der Waals surface area contributed by atoms with E-state index in [-0.39, 0.29) is 24.7 Å². The lowest BCUT2D eigenvalue weighted by Crippen LogP contribution is -2.21. The molecule has 0 fully saturated rings. The predicted molar refractivity (Wildman–Crippen MR) is 56.4 cm³/mol. The molecule has 92 valence electrons. The van der Waals surface area contributed by atoms with Gasteiger partial charge in [-0.05, 0) is 17.7 Å². The molecule has 0 heterocycles. The summed E-state index contributed by atoms with van der Waals surface area (Å²) in [5, 5.41) is 0. The Hall–Kier alpha value is -0.980. The summed E-state index contributed by atoms with van der Waals surface area (Å²) in [6.45, 7) is 0.162. The fourth-order valence-corrected chi connectivity index (χ4v) is 1.08. The van der Waals surface area contributed by atoms with E-state index >= 15 is 0 Å². The number of nitrogens with two attached hydrogens (primary N) is 2. The van der Waals surface area contributed by atoms with E-state index in [2.05, 4.69) is 4.74 Å². The van der Waals surface area contributed by atoms with E-state index in [1.54, 1.807) is 6.07 Å². The van der Waals surface area contributed by atoms with Crippen molar-refractivity contribution in [3.63, 3.8) is 0 Å². The Morgan fingerprint density at radius 1 is 1.31 bits per heavy atom. The highest BCUT2D eigenvalue weighted by Gasteiger charge is 2.31. The Morgan fingerprint density at radius 2 is 1.94 bits per heavy atom. The molecule has 0 amide bonds. The van der Waals surface area contributed by atoms with E-state index in [1.165, 1.54) is 18.2 Å². The SMILES string of the molecule is Cl.NC[C@H](N)c1cccc(OC(F)(F)F)c1. The summed E-state index contributed by atoms with van der Waals surface area (Å²) in [4.78, 5) is 0. The number of ether oxygens (including phenoxy) is 1. The highest BCUT2D eigenvalue weighted by atomic mass is 35.5. The van der Waals surface area contributed by atoms with Crippen molar-refractivity contribution in [3.05, 3.63) is 29.8 Å². The van der Waals surface area contributed by atoms with Gasteiger partial charge in [0.1, 0.15) is 5.75 Å². The minimum absolute atomic E-state index is 0. The third-order valence-corrected chi connectivity index (χ3v) is 1.77. The van der Waals surface area contributed by atoms with E-state index in [1.807, 2.05) is 0 Å². The van der Waals surface area contributed by atoms with Crippen LogP contribution in [0.15, 0.2) is 24.3 Å². The summed E-state index contributed by atoms with van der Waals surface area (Å²) in [6.07, 6.45) is -4.69. The fraction of sp³-hybridized carbons (Fsp3) is 0.333. The molecule has 0 saturated heterocycles. The summed E-state index contributed by atoms with van der Waals surface area (Å²) in [7, 11) is 0. The zero-order chi connectivity index (χ0) is 11.5. The van der Waals surface area contributed by atoms with Crippen molar-refractivity contribution >= 4 is 12.4 Å². The highest BCUT2D eigenvalue weighted by Crippen LogP contribution is 2.24. The smallest absolute Gasteiger partial charge is 0.406 e. The molecule has 0 unspecified atom stereocenters. The minimum atomic E-state index is -4.69. The minimum Gasteiger partial charge on any atom is -0.406 e. The van der Waals surface area contributed by atoms with Gasteiger partial charge in [-0.15, -0.1) is 25.6 Å². The van der Waals surface area contributed by atoms with Crippen molar-refractivity contribution in [2.45, 2.75) is 12.4 Å². The monoisotopic (exact) mass is 256 g/mol. The van der Waals surface area contributed by atoms with Crippen LogP contribution in [-0.4, -0.2) is 12.9 Å². The van der Waals surface area contributed by atoms with Gasteiger partial charge in [-0.25, -0.2) is 0 Å². The van der Waals surface area contributed by atoms with Crippen LogP contribution in [0.1, 0.15) is 11.6 Å². The molecule has 3 nitrogen and oxygen atoms in total. The number of hydrogen-bond donors (Lipinski definition) is 2. The maximum absolute atomic E-state index is 11.9. The van der Waals surface area contributed by atoms with Crippen molar-refractivity contribution in [3.8, 4) is 5.75 Å². The lowest BCUT2D eigenvalue weighted by molar-refractivity contribution is -0.274. The summed E-state index contributed by atoms with van der Waals surface area (Å²) >= 11 is 0. The topological polar surface area (TPSA) is 61.3 Å². The number of rotatable bonds is 3. The van der Waals surface area contributed by atoms with Crippen molar-refractivity contribution in [2.75, 3.05) is 6.54 Å².